The summed E-state index contributed by atoms with van der Waals surface area (Å²) in [5, 5.41) is 12.9. The second-order valence-electron chi connectivity index (χ2n) is 8.71. The summed E-state index contributed by atoms with van der Waals surface area (Å²) >= 11 is 0. The van der Waals surface area contributed by atoms with E-state index in [1.807, 2.05) is 17.7 Å². The van der Waals surface area contributed by atoms with Crippen molar-refractivity contribution < 1.29 is 4.57 Å². The summed E-state index contributed by atoms with van der Waals surface area (Å²) in [4.78, 5) is 8.10. The zero-order chi connectivity index (χ0) is 21.6. The molecular weight excluding hydrogens is 368 g/mol. The van der Waals surface area contributed by atoms with Gasteiger partial charge in [0.1, 0.15) is 11.8 Å². The lowest BCUT2D eigenvalue weighted by atomic mass is 9.80. The van der Waals surface area contributed by atoms with Crippen LogP contribution in [0.15, 0.2) is 48.8 Å². The van der Waals surface area contributed by atoms with Crippen molar-refractivity contribution in [3.8, 4) is 17.3 Å². The maximum Gasteiger partial charge on any atom is 0.287 e. The summed E-state index contributed by atoms with van der Waals surface area (Å²) in [7, 11) is 1.96. The van der Waals surface area contributed by atoms with Crippen molar-refractivity contribution in [3.05, 3.63) is 76.9 Å². The van der Waals surface area contributed by atoms with Gasteiger partial charge in [0, 0.05) is 5.56 Å². The van der Waals surface area contributed by atoms with Gasteiger partial charge in [-0.2, -0.15) is 5.26 Å². The first kappa shape index (κ1) is 19.6. The minimum absolute atomic E-state index is 0.0387. The molecule has 0 aliphatic carbocycles. The molecule has 0 aliphatic heterocycles. The smallest absolute Gasteiger partial charge is 0.238 e. The first-order valence-corrected chi connectivity index (χ1v) is 9.89. The Morgan fingerprint density at radius 2 is 1.77 bits per heavy atom. The van der Waals surface area contributed by atoms with Crippen LogP contribution in [0, 0.1) is 24.8 Å². The molecule has 30 heavy (non-hydrogen) atoms. The minimum atomic E-state index is -0.0387. The van der Waals surface area contributed by atoms with E-state index in [0.29, 0.717) is 16.8 Å². The number of nitriles is 1. The van der Waals surface area contributed by atoms with E-state index >= 15 is 0 Å². The van der Waals surface area contributed by atoms with Crippen LogP contribution in [0.25, 0.3) is 37.8 Å². The van der Waals surface area contributed by atoms with Crippen LogP contribution >= 0.6 is 0 Å². The van der Waals surface area contributed by atoms with Gasteiger partial charge in [-0.3, -0.25) is 0 Å². The fourth-order valence-corrected chi connectivity index (χ4v) is 4.20. The van der Waals surface area contributed by atoms with Crippen LogP contribution in [0.3, 0.4) is 0 Å². The topological polar surface area (TPSA) is 44.9 Å². The van der Waals surface area contributed by atoms with Crippen molar-refractivity contribution in [1.29, 1.82) is 5.26 Å². The van der Waals surface area contributed by atoms with Crippen LogP contribution in [0.5, 0.6) is 0 Å². The molecule has 146 valence electrons. The third-order valence-electron chi connectivity index (χ3n) is 5.69. The van der Waals surface area contributed by atoms with E-state index < -0.39 is 0 Å². The fraction of sp³-hybridized carbons (Fsp3) is 0.231. The second-order valence-corrected chi connectivity index (χ2v) is 8.71. The molecule has 3 aromatic carbocycles. The molecule has 0 radical (unpaired) electrons. The Kier molecular flexibility index (Phi) is 4.52. The van der Waals surface area contributed by atoms with E-state index in [9.17, 15) is 5.26 Å². The molecule has 0 amide bonds. The lowest BCUT2D eigenvalue weighted by molar-refractivity contribution is -0.662. The number of hydrogen-bond donors (Lipinski definition) is 0. The molecule has 0 N–H and O–H groups in total. The molecule has 0 atom stereocenters. The van der Waals surface area contributed by atoms with Crippen molar-refractivity contribution in [2.24, 2.45) is 7.05 Å². The molecule has 4 aromatic rings. The molecule has 0 saturated heterocycles. The van der Waals surface area contributed by atoms with Crippen molar-refractivity contribution in [2.45, 2.75) is 33.1 Å². The SMILES string of the molecule is [C-]#[N+]c1cc(C#N)c2nc[n+](C)c(-c3cc(C(C)(C)C)c4ccccc4c3C)c2c1. The number of nitrogens with zero attached hydrogens (tertiary/aromatic N) is 4. The largest absolute Gasteiger partial charge is 0.287 e. The summed E-state index contributed by atoms with van der Waals surface area (Å²) in [6.07, 6.45) is 1.75. The Morgan fingerprint density at radius 3 is 2.40 bits per heavy atom. The van der Waals surface area contributed by atoms with E-state index in [2.05, 4.69) is 73.9 Å². The molecule has 0 spiro atoms. The van der Waals surface area contributed by atoms with E-state index in [-0.39, 0.29) is 5.41 Å². The summed E-state index contributed by atoms with van der Waals surface area (Å²) in [5.41, 5.74) is 5.97. The molecule has 0 saturated carbocycles. The minimum Gasteiger partial charge on any atom is -0.238 e. The van der Waals surface area contributed by atoms with E-state index in [0.717, 1.165) is 16.6 Å². The van der Waals surface area contributed by atoms with Gasteiger partial charge in [-0.05, 0) is 57.4 Å². The van der Waals surface area contributed by atoms with Gasteiger partial charge in [0.05, 0.1) is 24.6 Å². The maximum absolute atomic E-state index is 9.63. The zero-order valence-electron chi connectivity index (χ0n) is 17.9. The van der Waals surface area contributed by atoms with Gasteiger partial charge < -0.3 is 0 Å². The molecule has 0 aliphatic rings. The molecule has 4 rings (SSSR count). The number of rotatable bonds is 1. The van der Waals surface area contributed by atoms with E-state index in [4.69, 9.17) is 6.57 Å². The Hall–Kier alpha value is -3.76. The van der Waals surface area contributed by atoms with Gasteiger partial charge in [-0.25, -0.2) is 9.41 Å². The Labute approximate surface area is 176 Å². The Balaban J connectivity index is 2.22. The van der Waals surface area contributed by atoms with Crippen LogP contribution in [0.1, 0.15) is 37.5 Å². The average Bonchev–Trinajstić information content (AvgIpc) is 2.73. The molecule has 4 nitrogen and oxygen atoms in total. The van der Waals surface area contributed by atoms with Crippen LogP contribution in [0.4, 0.5) is 5.69 Å². The normalized spacial score (nSPS) is 11.4. The Bertz CT molecular complexity index is 1410. The van der Waals surface area contributed by atoms with Crippen molar-refractivity contribution in [3.63, 3.8) is 0 Å². The van der Waals surface area contributed by atoms with Gasteiger partial charge in [-0.1, -0.05) is 45.0 Å². The van der Waals surface area contributed by atoms with Gasteiger partial charge in [-0.15, -0.1) is 0 Å². The lowest BCUT2D eigenvalue weighted by Gasteiger charge is -2.24. The molecule has 0 bridgehead atoms. The molecular formula is C26H23N4+. The van der Waals surface area contributed by atoms with Crippen LogP contribution in [0.2, 0.25) is 0 Å². The lowest BCUT2D eigenvalue weighted by Crippen LogP contribution is -2.32. The van der Waals surface area contributed by atoms with Crippen molar-refractivity contribution >= 4 is 27.4 Å². The second kappa shape index (κ2) is 6.94. The quantitative estimate of drug-likeness (QED) is 0.299. The maximum atomic E-state index is 9.63. The zero-order valence-corrected chi connectivity index (χ0v) is 17.9. The van der Waals surface area contributed by atoms with Crippen LogP contribution < -0.4 is 4.57 Å². The summed E-state index contributed by atoms with van der Waals surface area (Å²) in [6, 6.07) is 16.4. The predicted molar refractivity (Wildman–Crippen MR) is 120 cm³/mol. The monoisotopic (exact) mass is 391 g/mol. The molecule has 0 unspecified atom stereocenters. The van der Waals surface area contributed by atoms with Gasteiger partial charge in [0.15, 0.2) is 5.69 Å². The molecule has 1 heterocycles. The van der Waals surface area contributed by atoms with E-state index in [1.165, 1.54) is 21.9 Å². The molecule has 4 heteroatoms. The highest BCUT2D eigenvalue weighted by Crippen LogP contribution is 2.39. The fourth-order valence-electron chi connectivity index (χ4n) is 4.20. The number of aromatic nitrogens is 2. The number of fused-ring (bicyclic) bond motifs is 2. The number of aryl methyl sites for hydroxylation is 2. The summed E-state index contributed by atoms with van der Waals surface area (Å²) < 4.78 is 1.99. The van der Waals surface area contributed by atoms with Gasteiger partial charge in [0.2, 0.25) is 5.52 Å². The van der Waals surface area contributed by atoms with E-state index in [1.54, 1.807) is 12.4 Å². The number of benzene rings is 3. The van der Waals surface area contributed by atoms with Crippen LogP contribution in [-0.4, -0.2) is 4.98 Å². The molecule has 1 aromatic heterocycles. The Morgan fingerprint density at radius 1 is 1.07 bits per heavy atom. The highest BCUT2D eigenvalue weighted by Gasteiger charge is 2.25. The summed E-state index contributed by atoms with van der Waals surface area (Å²) in [5.74, 6) is 0. The predicted octanol–water partition coefficient (Wildman–Crippen LogP) is 5.91. The van der Waals surface area contributed by atoms with Crippen molar-refractivity contribution in [2.75, 3.05) is 0 Å². The third-order valence-corrected chi connectivity index (χ3v) is 5.69. The first-order valence-electron chi connectivity index (χ1n) is 9.89. The highest BCUT2D eigenvalue weighted by atomic mass is 15.0. The van der Waals surface area contributed by atoms with Gasteiger partial charge in [0.25, 0.3) is 6.33 Å². The highest BCUT2D eigenvalue weighted by molar-refractivity contribution is 6.01. The third kappa shape index (κ3) is 2.98. The van der Waals surface area contributed by atoms with Crippen molar-refractivity contribution in [1.82, 2.24) is 4.98 Å². The van der Waals surface area contributed by atoms with Crippen LogP contribution in [-0.2, 0) is 12.5 Å². The molecule has 0 fully saturated rings. The average molecular weight is 391 g/mol. The summed E-state index contributed by atoms with van der Waals surface area (Å²) in [6.45, 7) is 16.3. The van der Waals surface area contributed by atoms with Gasteiger partial charge >= 0.3 is 0 Å². The number of hydrogen-bond acceptors (Lipinski definition) is 2. The first-order chi connectivity index (χ1) is 14.3. The standard InChI is InChI=1S/C26H23N4/c1-16-19-9-7-8-10-20(19)23(26(2,3)4)13-21(16)25-22-12-18(28-5)11-17(14-27)24(22)29-15-30(25)6/h7-13,15H,1-4,6H3/q+1.